The Balaban J connectivity index is 1.64. The molecular formula is C25H19BrN2O3S. The van der Waals surface area contributed by atoms with Gasteiger partial charge in [0.15, 0.2) is 16.7 Å². The third kappa shape index (κ3) is 4.82. The van der Waals surface area contributed by atoms with Crippen LogP contribution in [-0.4, -0.2) is 24.3 Å². The largest absolute Gasteiger partial charge is 0.490 e. The number of hydrogen-bond donors (Lipinski definition) is 1. The van der Waals surface area contributed by atoms with E-state index in [0.29, 0.717) is 28.2 Å². The van der Waals surface area contributed by atoms with Crippen LogP contribution in [0.1, 0.15) is 12.5 Å². The fourth-order valence-electron chi connectivity index (χ4n) is 3.20. The molecule has 5 nitrogen and oxygen atoms in total. The summed E-state index contributed by atoms with van der Waals surface area (Å²) in [5.74, 6) is 3.35. The number of ether oxygens (including phenoxy) is 2. The van der Waals surface area contributed by atoms with E-state index in [0.717, 1.165) is 26.5 Å². The van der Waals surface area contributed by atoms with Crippen molar-refractivity contribution in [2.75, 3.05) is 13.2 Å². The van der Waals surface area contributed by atoms with Crippen LogP contribution in [0.5, 0.6) is 11.5 Å². The van der Waals surface area contributed by atoms with Crippen LogP contribution in [0.25, 0.3) is 16.8 Å². The molecule has 3 aromatic rings. The van der Waals surface area contributed by atoms with E-state index in [1.807, 2.05) is 55.5 Å². The molecule has 1 fully saturated rings. The van der Waals surface area contributed by atoms with Crippen molar-refractivity contribution in [2.24, 2.45) is 4.99 Å². The Morgan fingerprint density at radius 2 is 1.94 bits per heavy atom. The highest BCUT2D eigenvalue weighted by atomic mass is 79.9. The lowest BCUT2D eigenvalue weighted by Gasteiger charge is -2.12. The molecule has 0 saturated carbocycles. The van der Waals surface area contributed by atoms with Crippen molar-refractivity contribution in [3.8, 4) is 23.8 Å². The smallest absolute Gasteiger partial charge is 0.264 e. The van der Waals surface area contributed by atoms with Gasteiger partial charge in [0, 0.05) is 9.86 Å². The summed E-state index contributed by atoms with van der Waals surface area (Å²) >= 11 is 4.84. The molecule has 3 aromatic carbocycles. The monoisotopic (exact) mass is 506 g/mol. The summed E-state index contributed by atoms with van der Waals surface area (Å²) in [6.07, 6.45) is 7.09. The number of carbonyl (C=O) groups excluding carboxylic acids is 1. The van der Waals surface area contributed by atoms with Gasteiger partial charge in [-0.05, 0) is 53.9 Å². The van der Waals surface area contributed by atoms with Crippen molar-refractivity contribution < 1.29 is 14.3 Å². The van der Waals surface area contributed by atoms with Gasteiger partial charge in [0.25, 0.3) is 5.91 Å². The van der Waals surface area contributed by atoms with Gasteiger partial charge in [-0.25, -0.2) is 4.99 Å². The lowest BCUT2D eigenvalue weighted by molar-refractivity contribution is -0.115. The van der Waals surface area contributed by atoms with Crippen LogP contribution in [0.3, 0.4) is 0 Å². The fraction of sp³-hybridized carbons (Fsp3) is 0.120. The minimum Gasteiger partial charge on any atom is -0.490 e. The third-order valence-electron chi connectivity index (χ3n) is 4.60. The normalized spacial score (nSPS) is 15.7. The molecule has 1 saturated heterocycles. The number of benzene rings is 3. The van der Waals surface area contributed by atoms with Crippen LogP contribution in [0.15, 0.2) is 69.0 Å². The van der Waals surface area contributed by atoms with Gasteiger partial charge < -0.3 is 14.8 Å². The Morgan fingerprint density at radius 3 is 2.75 bits per heavy atom. The molecular weight excluding hydrogens is 488 g/mol. The zero-order chi connectivity index (χ0) is 22.5. The van der Waals surface area contributed by atoms with E-state index in [1.165, 1.54) is 11.8 Å². The second kappa shape index (κ2) is 9.94. The first kappa shape index (κ1) is 22.0. The molecule has 1 amide bonds. The van der Waals surface area contributed by atoms with E-state index in [1.54, 1.807) is 12.1 Å². The quantitative estimate of drug-likeness (QED) is 0.333. The number of thioether (sulfide) groups is 1. The van der Waals surface area contributed by atoms with E-state index in [9.17, 15) is 4.79 Å². The summed E-state index contributed by atoms with van der Waals surface area (Å²) in [6, 6.07) is 17.6. The van der Waals surface area contributed by atoms with E-state index in [2.05, 4.69) is 32.2 Å². The summed E-state index contributed by atoms with van der Waals surface area (Å²) in [6.45, 7) is 2.50. The van der Waals surface area contributed by atoms with Crippen molar-refractivity contribution in [1.29, 1.82) is 0 Å². The number of halogens is 1. The fourth-order valence-corrected chi connectivity index (χ4v) is 4.46. The lowest BCUT2D eigenvalue weighted by Crippen LogP contribution is -2.19. The van der Waals surface area contributed by atoms with Crippen LogP contribution in [0, 0.1) is 12.3 Å². The Labute approximate surface area is 199 Å². The number of amidine groups is 1. The van der Waals surface area contributed by atoms with Crippen LogP contribution in [0.2, 0.25) is 0 Å². The van der Waals surface area contributed by atoms with E-state index in [4.69, 9.17) is 15.9 Å². The molecule has 4 rings (SSSR count). The van der Waals surface area contributed by atoms with Crippen molar-refractivity contribution >= 4 is 61.3 Å². The van der Waals surface area contributed by atoms with Crippen molar-refractivity contribution in [3.05, 3.63) is 69.5 Å². The Hall–Kier alpha value is -3.21. The molecule has 1 N–H and O–H groups in total. The maximum Gasteiger partial charge on any atom is 0.264 e. The maximum absolute atomic E-state index is 12.6. The van der Waals surface area contributed by atoms with Gasteiger partial charge >= 0.3 is 0 Å². The summed E-state index contributed by atoms with van der Waals surface area (Å²) in [5.41, 5.74) is 1.59. The number of fused-ring (bicyclic) bond motifs is 1. The van der Waals surface area contributed by atoms with E-state index >= 15 is 0 Å². The Morgan fingerprint density at radius 1 is 1.16 bits per heavy atom. The summed E-state index contributed by atoms with van der Waals surface area (Å²) in [5, 5.41) is 5.51. The molecule has 0 aromatic heterocycles. The molecule has 0 radical (unpaired) electrons. The van der Waals surface area contributed by atoms with Gasteiger partial charge in [0.05, 0.1) is 17.2 Å². The van der Waals surface area contributed by atoms with E-state index in [-0.39, 0.29) is 12.5 Å². The predicted octanol–water partition coefficient (Wildman–Crippen LogP) is 5.90. The number of rotatable bonds is 6. The molecule has 1 aliphatic rings. The summed E-state index contributed by atoms with van der Waals surface area (Å²) in [7, 11) is 0. The first-order valence-electron chi connectivity index (χ1n) is 9.89. The van der Waals surface area contributed by atoms with Crippen molar-refractivity contribution in [1.82, 2.24) is 5.32 Å². The van der Waals surface area contributed by atoms with Gasteiger partial charge in [-0.15, -0.1) is 6.42 Å². The highest BCUT2D eigenvalue weighted by molar-refractivity contribution is 9.10. The van der Waals surface area contributed by atoms with Gasteiger partial charge in [-0.3, -0.25) is 4.79 Å². The highest BCUT2D eigenvalue weighted by Gasteiger charge is 2.24. The number of hydrogen-bond acceptors (Lipinski definition) is 5. The molecule has 1 aliphatic heterocycles. The predicted molar refractivity (Wildman–Crippen MR) is 134 cm³/mol. The van der Waals surface area contributed by atoms with Gasteiger partial charge in [-0.1, -0.05) is 58.2 Å². The van der Waals surface area contributed by atoms with Gasteiger partial charge in [-0.2, -0.15) is 0 Å². The minimum atomic E-state index is -0.202. The minimum absolute atomic E-state index is 0.138. The second-order valence-electron chi connectivity index (χ2n) is 6.73. The topological polar surface area (TPSA) is 59.9 Å². The van der Waals surface area contributed by atoms with E-state index < -0.39 is 0 Å². The zero-order valence-electron chi connectivity index (χ0n) is 17.2. The number of nitrogens with one attached hydrogen (secondary N) is 1. The van der Waals surface area contributed by atoms with Crippen LogP contribution in [0.4, 0.5) is 5.69 Å². The molecule has 1 heterocycles. The number of aliphatic imine (C=N–C) groups is 1. The molecule has 32 heavy (non-hydrogen) atoms. The zero-order valence-corrected chi connectivity index (χ0v) is 19.6. The Bertz CT molecular complexity index is 1290. The van der Waals surface area contributed by atoms with Crippen molar-refractivity contribution in [3.63, 3.8) is 0 Å². The summed E-state index contributed by atoms with van der Waals surface area (Å²) < 4.78 is 12.0. The molecule has 0 unspecified atom stereocenters. The average molecular weight is 507 g/mol. The molecule has 0 spiro atoms. The number of terminal acetylenes is 1. The SMILES string of the molecule is C#CCOc1cc(Br)c(C=C2SC(=Nc3cccc4ccccc34)NC2=O)cc1OCC. The van der Waals surface area contributed by atoms with Crippen LogP contribution < -0.4 is 14.8 Å². The summed E-state index contributed by atoms with van der Waals surface area (Å²) in [4.78, 5) is 17.8. The Kier molecular flexibility index (Phi) is 6.84. The first-order valence-corrected chi connectivity index (χ1v) is 11.5. The van der Waals surface area contributed by atoms with Gasteiger partial charge in [0.2, 0.25) is 0 Å². The van der Waals surface area contributed by atoms with Gasteiger partial charge in [0.1, 0.15) is 6.61 Å². The number of nitrogens with zero attached hydrogens (tertiary/aromatic N) is 1. The average Bonchev–Trinajstić information content (AvgIpc) is 3.13. The molecule has 7 heteroatoms. The molecule has 0 aliphatic carbocycles. The maximum atomic E-state index is 12.6. The molecule has 160 valence electrons. The number of carbonyl (C=O) groups is 1. The van der Waals surface area contributed by atoms with Crippen molar-refractivity contribution in [2.45, 2.75) is 6.92 Å². The molecule has 0 atom stereocenters. The van der Waals surface area contributed by atoms with Crippen LogP contribution in [-0.2, 0) is 4.79 Å². The first-order chi connectivity index (χ1) is 15.6. The standard InChI is InChI=1S/C25H19BrN2O3S/c1-3-12-31-22-15-19(26)17(13-21(22)30-4-2)14-23-24(29)28-25(32-23)27-20-11-7-9-16-8-5-6-10-18(16)20/h1,5-11,13-15H,4,12H2,2H3,(H,27,28,29). The third-order valence-corrected chi connectivity index (χ3v) is 6.20. The second-order valence-corrected chi connectivity index (χ2v) is 8.61. The van der Waals surface area contributed by atoms with Crippen LogP contribution >= 0.6 is 27.7 Å². The highest BCUT2D eigenvalue weighted by Crippen LogP contribution is 2.37. The molecule has 0 bridgehead atoms. The number of amides is 1. The lowest BCUT2D eigenvalue weighted by atomic mass is 10.1.